The molecule has 0 radical (unpaired) electrons. The molecule has 5 aliphatic rings. The van der Waals surface area contributed by atoms with Gasteiger partial charge in [0.15, 0.2) is 5.78 Å². The molecule has 41 heavy (non-hydrogen) atoms. The van der Waals surface area contributed by atoms with E-state index in [2.05, 4.69) is 5.32 Å². The Balaban J connectivity index is 1.36. The van der Waals surface area contributed by atoms with Crippen LogP contribution in [0.4, 0.5) is 0 Å². The summed E-state index contributed by atoms with van der Waals surface area (Å²) in [5.74, 6) is -1.31. The molecule has 9 nitrogen and oxygen atoms in total. The molecule has 0 amide bonds. The standard InChI is InChI=1S/C32H49NO8/c1-28(2,38)26(41-27(37)21-7-6-14-33-21)10-12-31(5,39)25-9-13-32(40)19-15-22(34)20-16-23(35)24(36)17-29(20,3)18(19)8-11-30(25,32)4/h6,14-15,18,20-21,23-26,33,35-36,38-40H,7-13,16-17H2,1-5H3/t18-,20-,21?,23+,24-,25-,26?,29+,30+,31+,32+/m0/s1. The summed E-state index contributed by atoms with van der Waals surface area (Å²) in [4.78, 5) is 26.1. The molecular weight excluding hydrogens is 526 g/mol. The zero-order chi connectivity index (χ0) is 30.2. The van der Waals surface area contributed by atoms with E-state index in [4.69, 9.17) is 4.74 Å². The van der Waals surface area contributed by atoms with Gasteiger partial charge in [0, 0.05) is 11.3 Å². The third kappa shape index (κ3) is 4.89. The number of nitrogens with one attached hydrogen (secondary N) is 1. The Morgan fingerprint density at radius 1 is 1.12 bits per heavy atom. The maximum Gasteiger partial charge on any atom is 0.329 e. The summed E-state index contributed by atoms with van der Waals surface area (Å²) in [5.41, 5.74) is -4.35. The summed E-state index contributed by atoms with van der Waals surface area (Å²) in [6.07, 6.45) is 6.42. The molecule has 0 spiro atoms. The van der Waals surface area contributed by atoms with Gasteiger partial charge in [-0.3, -0.25) is 4.79 Å². The molecule has 3 saturated carbocycles. The van der Waals surface area contributed by atoms with Gasteiger partial charge >= 0.3 is 5.97 Å². The average molecular weight is 576 g/mol. The first-order valence-corrected chi connectivity index (χ1v) is 15.3. The number of ether oxygens (including phenoxy) is 1. The van der Waals surface area contributed by atoms with Crippen LogP contribution in [0.3, 0.4) is 0 Å². The first-order chi connectivity index (χ1) is 18.9. The number of rotatable bonds is 7. The van der Waals surface area contributed by atoms with Crippen molar-refractivity contribution in [3.8, 4) is 0 Å². The Kier molecular flexibility index (Phi) is 7.59. The zero-order valence-electron chi connectivity index (χ0n) is 25.1. The number of carbonyl (C=O) groups excluding carboxylic acids is 2. The molecule has 11 atom stereocenters. The molecule has 0 aromatic carbocycles. The maximum absolute atomic E-state index is 13.4. The molecule has 0 saturated heterocycles. The largest absolute Gasteiger partial charge is 0.458 e. The third-order valence-corrected chi connectivity index (χ3v) is 11.9. The van der Waals surface area contributed by atoms with Gasteiger partial charge in [-0.05, 0) is 114 Å². The van der Waals surface area contributed by atoms with Crippen LogP contribution in [0.25, 0.3) is 0 Å². The number of carbonyl (C=O) groups is 2. The molecule has 6 N–H and O–H groups in total. The summed E-state index contributed by atoms with van der Waals surface area (Å²) in [6.45, 7) is 8.99. The molecular formula is C32H49NO8. The lowest BCUT2D eigenvalue weighted by molar-refractivity contribution is -0.170. The van der Waals surface area contributed by atoms with Crippen molar-refractivity contribution >= 4 is 11.8 Å². The molecule has 9 heteroatoms. The van der Waals surface area contributed by atoms with Crippen LogP contribution in [-0.4, -0.2) is 78.4 Å². The second kappa shape index (κ2) is 10.2. The van der Waals surface area contributed by atoms with Crippen LogP contribution in [-0.2, 0) is 14.3 Å². The van der Waals surface area contributed by atoms with Crippen LogP contribution in [0.15, 0.2) is 23.9 Å². The third-order valence-electron chi connectivity index (χ3n) is 11.9. The predicted octanol–water partition coefficient (Wildman–Crippen LogP) is 2.28. The second-order valence-corrected chi connectivity index (χ2v) is 14.9. The summed E-state index contributed by atoms with van der Waals surface area (Å²) < 4.78 is 5.73. The number of aliphatic hydroxyl groups is 5. The van der Waals surface area contributed by atoms with E-state index in [0.717, 1.165) is 5.57 Å². The molecule has 3 fully saturated rings. The van der Waals surface area contributed by atoms with Crippen LogP contribution in [0.2, 0.25) is 0 Å². The van der Waals surface area contributed by atoms with Crippen molar-refractivity contribution in [2.45, 2.75) is 134 Å². The van der Waals surface area contributed by atoms with E-state index in [-0.39, 0.29) is 42.8 Å². The number of allylic oxidation sites excluding steroid dienone is 1. The number of fused-ring (bicyclic) bond motifs is 5. The first kappa shape index (κ1) is 30.7. The summed E-state index contributed by atoms with van der Waals surface area (Å²) >= 11 is 0. The van der Waals surface area contributed by atoms with Crippen LogP contribution in [0.1, 0.15) is 92.4 Å². The summed E-state index contributed by atoms with van der Waals surface area (Å²) in [5, 5.41) is 59.0. The molecule has 0 aromatic heterocycles. The van der Waals surface area contributed by atoms with E-state index in [1.54, 1.807) is 33.0 Å². The van der Waals surface area contributed by atoms with E-state index >= 15 is 0 Å². The van der Waals surface area contributed by atoms with Gasteiger partial charge < -0.3 is 35.6 Å². The molecule has 1 aliphatic heterocycles. The van der Waals surface area contributed by atoms with Crippen molar-refractivity contribution in [3.05, 3.63) is 23.9 Å². The fourth-order valence-corrected chi connectivity index (χ4v) is 9.36. The minimum atomic E-state index is -1.31. The van der Waals surface area contributed by atoms with Crippen molar-refractivity contribution in [2.24, 2.45) is 28.6 Å². The molecule has 0 aromatic rings. The van der Waals surface area contributed by atoms with Gasteiger partial charge in [-0.15, -0.1) is 0 Å². The normalized spacial score (nSPS) is 44.1. The Bertz CT molecular complexity index is 1120. The van der Waals surface area contributed by atoms with Crippen LogP contribution in [0.5, 0.6) is 0 Å². The van der Waals surface area contributed by atoms with E-state index in [1.807, 2.05) is 19.9 Å². The van der Waals surface area contributed by atoms with Gasteiger partial charge in [0.05, 0.1) is 29.0 Å². The fraction of sp³-hybridized carbons (Fsp3) is 0.812. The van der Waals surface area contributed by atoms with Gasteiger partial charge in [-0.2, -0.15) is 0 Å². The molecule has 4 aliphatic carbocycles. The molecule has 5 rings (SSSR count). The van der Waals surface area contributed by atoms with E-state index in [0.29, 0.717) is 38.5 Å². The Morgan fingerprint density at radius 3 is 2.46 bits per heavy atom. The van der Waals surface area contributed by atoms with Gasteiger partial charge in [0.1, 0.15) is 12.1 Å². The summed E-state index contributed by atoms with van der Waals surface area (Å²) in [6, 6.07) is -0.485. The minimum absolute atomic E-state index is 0.0909. The Labute approximate surface area is 243 Å². The fourth-order valence-electron chi connectivity index (χ4n) is 9.36. The predicted molar refractivity (Wildman–Crippen MR) is 151 cm³/mol. The van der Waals surface area contributed by atoms with E-state index < -0.39 is 58.0 Å². The average Bonchev–Trinajstić information content (AvgIpc) is 3.50. The van der Waals surface area contributed by atoms with Gasteiger partial charge in [-0.1, -0.05) is 19.9 Å². The highest BCUT2D eigenvalue weighted by molar-refractivity contribution is 5.95. The van der Waals surface area contributed by atoms with E-state index in [9.17, 15) is 35.1 Å². The minimum Gasteiger partial charge on any atom is -0.458 e. The lowest BCUT2D eigenvalue weighted by Gasteiger charge is -2.60. The quantitative estimate of drug-likeness (QED) is 0.251. The zero-order valence-corrected chi connectivity index (χ0v) is 25.1. The number of hydrogen-bond donors (Lipinski definition) is 6. The summed E-state index contributed by atoms with van der Waals surface area (Å²) in [7, 11) is 0. The van der Waals surface area contributed by atoms with Crippen molar-refractivity contribution in [1.82, 2.24) is 5.32 Å². The molecule has 2 unspecified atom stereocenters. The van der Waals surface area contributed by atoms with Crippen molar-refractivity contribution in [3.63, 3.8) is 0 Å². The van der Waals surface area contributed by atoms with Crippen LogP contribution >= 0.6 is 0 Å². The lowest BCUT2D eigenvalue weighted by Crippen LogP contribution is -2.62. The lowest BCUT2D eigenvalue weighted by atomic mass is 9.45. The highest BCUT2D eigenvalue weighted by Crippen LogP contribution is 2.68. The first-order valence-electron chi connectivity index (χ1n) is 15.3. The monoisotopic (exact) mass is 575 g/mol. The van der Waals surface area contributed by atoms with Crippen molar-refractivity contribution in [2.75, 3.05) is 0 Å². The van der Waals surface area contributed by atoms with Crippen molar-refractivity contribution in [1.29, 1.82) is 0 Å². The van der Waals surface area contributed by atoms with Crippen LogP contribution in [0, 0.1) is 28.6 Å². The highest BCUT2D eigenvalue weighted by atomic mass is 16.6. The van der Waals surface area contributed by atoms with Gasteiger partial charge in [-0.25, -0.2) is 4.79 Å². The second-order valence-electron chi connectivity index (χ2n) is 14.9. The number of hydrogen-bond acceptors (Lipinski definition) is 9. The maximum atomic E-state index is 13.4. The van der Waals surface area contributed by atoms with Crippen LogP contribution < -0.4 is 5.32 Å². The number of esters is 1. The Morgan fingerprint density at radius 2 is 1.83 bits per heavy atom. The SMILES string of the molecule is CC(C)(O)C(CC[C@@](C)(O)[C@H]1CC[C@@]2(O)C3=CC(=O)[C@@H]4C[C@@H](O)[C@@H](O)C[C@]4(C)[C@H]3CC[C@]12C)OC(=O)C1CC=CN1. The Hall–Kier alpha value is -1.78. The highest BCUT2D eigenvalue weighted by Gasteiger charge is 2.68. The number of ketones is 1. The molecule has 1 heterocycles. The van der Waals surface area contributed by atoms with Gasteiger partial charge in [0.2, 0.25) is 0 Å². The smallest absolute Gasteiger partial charge is 0.329 e. The number of aliphatic hydroxyl groups excluding tert-OH is 2. The topological polar surface area (TPSA) is 157 Å². The van der Waals surface area contributed by atoms with Crippen molar-refractivity contribution < 1.29 is 39.9 Å². The molecule has 0 bridgehead atoms. The van der Waals surface area contributed by atoms with E-state index in [1.165, 1.54) is 0 Å². The molecule has 230 valence electrons. The van der Waals surface area contributed by atoms with Gasteiger partial charge in [0.25, 0.3) is 0 Å².